The fourth-order valence-electron chi connectivity index (χ4n) is 1.73. The van der Waals surface area contributed by atoms with Crippen molar-refractivity contribution in [3.63, 3.8) is 0 Å². The minimum atomic E-state index is 0.320. The van der Waals surface area contributed by atoms with Gasteiger partial charge in [0.25, 0.3) is 0 Å². The molecule has 0 aromatic carbocycles. The fourth-order valence-corrected chi connectivity index (χ4v) is 1.93. The van der Waals surface area contributed by atoms with Gasteiger partial charge in [0.1, 0.15) is 12.2 Å². The molecule has 0 atom stereocenters. The van der Waals surface area contributed by atoms with Crippen LogP contribution >= 0.6 is 12.2 Å². The summed E-state index contributed by atoms with van der Waals surface area (Å²) in [5.74, 6) is 2.16. The van der Waals surface area contributed by atoms with Gasteiger partial charge in [-0.25, -0.2) is 0 Å². The van der Waals surface area contributed by atoms with Crippen LogP contribution in [0.25, 0.3) is 0 Å². The van der Waals surface area contributed by atoms with Crippen LogP contribution in [0.5, 0.6) is 0 Å². The normalized spacial score (nSPS) is 11.3. The van der Waals surface area contributed by atoms with Gasteiger partial charge in [0.15, 0.2) is 10.6 Å². The van der Waals surface area contributed by atoms with Gasteiger partial charge in [0.2, 0.25) is 0 Å². The van der Waals surface area contributed by atoms with Gasteiger partial charge in [-0.1, -0.05) is 13.8 Å². The standard InChI is InChI=1S/C10H16N6S/c1-4-15-6-11-12-8(15)5-16-9(7(2)3)13-14-10(16)17/h6-7H,4-5H2,1-3H3,(H,14,17). The number of hydrogen-bond donors (Lipinski definition) is 1. The smallest absolute Gasteiger partial charge is 0.195 e. The second kappa shape index (κ2) is 4.79. The first kappa shape index (κ1) is 12.0. The molecule has 7 heteroatoms. The molecule has 0 spiro atoms. The number of aromatic nitrogens is 6. The van der Waals surface area contributed by atoms with Gasteiger partial charge in [0, 0.05) is 12.5 Å². The Morgan fingerprint density at radius 2 is 2.24 bits per heavy atom. The summed E-state index contributed by atoms with van der Waals surface area (Å²) in [6, 6.07) is 0. The highest BCUT2D eigenvalue weighted by Gasteiger charge is 2.12. The van der Waals surface area contributed by atoms with Crippen LogP contribution < -0.4 is 0 Å². The van der Waals surface area contributed by atoms with E-state index in [2.05, 4.69) is 41.2 Å². The minimum absolute atomic E-state index is 0.320. The van der Waals surface area contributed by atoms with E-state index in [1.165, 1.54) is 0 Å². The Bertz CT molecular complexity index is 549. The highest BCUT2D eigenvalue weighted by atomic mass is 32.1. The minimum Gasteiger partial charge on any atom is -0.316 e. The SMILES string of the molecule is CCn1cnnc1Cn1c(C(C)C)n[nH]c1=S. The van der Waals surface area contributed by atoms with Crippen molar-refractivity contribution in [1.29, 1.82) is 0 Å². The molecule has 2 heterocycles. The summed E-state index contributed by atoms with van der Waals surface area (Å²) in [5, 5.41) is 15.1. The first-order valence-corrected chi connectivity index (χ1v) is 6.06. The average molecular weight is 252 g/mol. The molecular formula is C10H16N6S. The first-order chi connectivity index (χ1) is 8.13. The topological polar surface area (TPSA) is 64.3 Å². The molecule has 0 amide bonds. The summed E-state index contributed by atoms with van der Waals surface area (Å²) in [5.41, 5.74) is 0. The van der Waals surface area contributed by atoms with Gasteiger partial charge < -0.3 is 4.57 Å². The van der Waals surface area contributed by atoms with Crippen molar-refractivity contribution in [1.82, 2.24) is 29.5 Å². The first-order valence-electron chi connectivity index (χ1n) is 5.65. The number of nitrogens with zero attached hydrogens (tertiary/aromatic N) is 5. The molecule has 2 aromatic heterocycles. The van der Waals surface area contributed by atoms with E-state index in [-0.39, 0.29) is 0 Å². The fraction of sp³-hybridized carbons (Fsp3) is 0.600. The van der Waals surface area contributed by atoms with E-state index in [4.69, 9.17) is 12.2 Å². The lowest BCUT2D eigenvalue weighted by Crippen LogP contribution is -2.11. The van der Waals surface area contributed by atoms with Crippen LogP contribution in [0.15, 0.2) is 6.33 Å². The Hall–Kier alpha value is -1.50. The molecule has 0 radical (unpaired) electrons. The summed E-state index contributed by atoms with van der Waals surface area (Å²) in [7, 11) is 0. The molecule has 1 N–H and O–H groups in total. The molecule has 0 unspecified atom stereocenters. The number of aryl methyl sites for hydroxylation is 1. The summed E-state index contributed by atoms with van der Waals surface area (Å²) in [6.07, 6.45) is 1.73. The van der Waals surface area contributed by atoms with E-state index >= 15 is 0 Å². The van der Waals surface area contributed by atoms with Crippen molar-refractivity contribution < 1.29 is 0 Å². The Morgan fingerprint density at radius 3 is 2.88 bits per heavy atom. The summed E-state index contributed by atoms with van der Waals surface area (Å²) < 4.78 is 4.59. The zero-order chi connectivity index (χ0) is 12.4. The lowest BCUT2D eigenvalue weighted by Gasteiger charge is -2.09. The van der Waals surface area contributed by atoms with Crippen LogP contribution in [0, 0.1) is 4.77 Å². The van der Waals surface area contributed by atoms with E-state index in [1.807, 2.05) is 9.13 Å². The lowest BCUT2D eigenvalue weighted by atomic mass is 10.2. The van der Waals surface area contributed by atoms with E-state index in [9.17, 15) is 0 Å². The molecule has 0 saturated carbocycles. The predicted octanol–water partition coefficient (Wildman–Crippen LogP) is 1.72. The Labute approximate surface area is 105 Å². The zero-order valence-corrected chi connectivity index (χ0v) is 11.0. The van der Waals surface area contributed by atoms with Crippen molar-refractivity contribution in [3.8, 4) is 0 Å². The third-order valence-electron chi connectivity index (χ3n) is 2.64. The maximum Gasteiger partial charge on any atom is 0.195 e. The van der Waals surface area contributed by atoms with Crippen LogP contribution in [-0.4, -0.2) is 29.5 Å². The number of nitrogens with one attached hydrogen (secondary N) is 1. The Kier molecular flexibility index (Phi) is 3.37. The summed E-state index contributed by atoms with van der Waals surface area (Å²) >= 11 is 5.23. The molecule has 0 aliphatic carbocycles. The van der Waals surface area contributed by atoms with Crippen LogP contribution in [0.2, 0.25) is 0 Å². The molecule has 17 heavy (non-hydrogen) atoms. The number of rotatable bonds is 4. The Balaban J connectivity index is 2.36. The monoisotopic (exact) mass is 252 g/mol. The van der Waals surface area contributed by atoms with Gasteiger partial charge in [-0.2, -0.15) is 5.10 Å². The van der Waals surface area contributed by atoms with Crippen LogP contribution in [-0.2, 0) is 13.1 Å². The zero-order valence-electron chi connectivity index (χ0n) is 10.2. The van der Waals surface area contributed by atoms with Gasteiger partial charge in [-0.3, -0.25) is 9.67 Å². The van der Waals surface area contributed by atoms with E-state index in [1.54, 1.807) is 6.33 Å². The highest BCUT2D eigenvalue weighted by Crippen LogP contribution is 2.13. The van der Waals surface area contributed by atoms with E-state index < -0.39 is 0 Å². The Morgan fingerprint density at radius 1 is 1.47 bits per heavy atom. The van der Waals surface area contributed by atoms with Gasteiger partial charge in [-0.15, -0.1) is 10.2 Å². The van der Waals surface area contributed by atoms with Gasteiger partial charge in [-0.05, 0) is 19.1 Å². The van der Waals surface area contributed by atoms with Crippen molar-refractivity contribution in [2.24, 2.45) is 0 Å². The highest BCUT2D eigenvalue weighted by molar-refractivity contribution is 7.71. The van der Waals surface area contributed by atoms with Crippen molar-refractivity contribution in [2.45, 2.75) is 39.8 Å². The molecule has 6 nitrogen and oxygen atoms in total. The molecule has 0 bridgehead atoms. The largest absolute Gasteiger partial charge is 0.316 e. The van der Waals surface area contributed by atoms with Crippen molar-refractivity contribution in [3.05, 3.63) is 22.7 Å². The third kappa shape index (κ3) is 2.28. The molecule has 2 rings (SSSR count). The van der Waals surface area contributed by atoms with Crippen molar-refractivity contribution >= 4 is 12.2 Å². The molecule has 2 aromatic rings. The average Bonchev–Trinajstić information content (AvgIpc) is 2.87. The van der Waals surface area contributed by atoms with E-state index in [0.717, 1.165) is 18.2 Å². The van der Waals surface area contributed by atoms with Crippen LogP contribution in [0.4, 0.5) is 0 Å². The second-order valence-corrected chi connectivity index (χ2v) is 4.55. The van der Waals surface area contributed by atoms with Gasteiger partial charge in [0.05, 0.1) is 6.54 Å². The molecule has 0 aliphatic rings. The molecule has 0 aliphatic heterocycles. The quantitative estimate of drug-likeness (QED) is 0.842. The molecule has 0 fully saturated rings. The molecular weight excluding hydrogens is 236 g/mol. The van der Waals surface area contributed by atoms with Gasteiger partial charge >= 0.3 is 0 Å². The molecule has 0 saturated heterocycles. The van der Waals surface area contributed by atoms with Crippen LogP contribution in [0.1, 0.15) is 38.3 Å². The van der Waals surface area contributed by atoms with Crippen LogP contribution in [0.3, 0.4) is 0 Å². The summed E-state index contributed by atoms with van der Waals surface area (Å²) in [6.45, 7) is 7.70. The summed E-state index contributed by atoms with van der Waals surface area (Å²) in [4.78, 5) is 0. The maximum atomic E-state index is 5.23. The predicted molar refractivity (Wildman–Crippen MR) is 66.3 cm³/mol. The van der Waals surface area contributed by atoms with Crippen molar-refractivity contribution in [2.75, 3.05) is 0 Å². The van der Waals surface area contributed by atoms with E-state index in [0.29, 0.717) is 17.2 Å². The number of H-pyrrole nitrogens is 1. The number of aromatic amines is 1. The third-order valence-corrected chi connectivity index (χ3v) is 2.95. The number of hydrogen-bond acceptors (Lipinski definition) is 4. The second-order valence-electron chi connectivity index (χ2n) is 4.16. The molecule has 92 valence electrons. The maximum absolute atomic E-state index is 5.23. The lowest BCUT2D eigenvalue weighted by molar-refractivity contribution is 0.607.